The number of carbonyl (C=O) groups excluding carboxylic acids is 1. The smallest absolute Gasteiger partial charge is 0.252 e. The van der Waals surface area contributed by atoms with Gasteiger partial charge in [-0.25, -0.2) is 4.98 Å². The third-order valence-corrected chi connectivity index (χ3v) is 4.00. The van der Waals surface area contributed by atoms with E-state index in [9.17, 15) is 4.79 Å². The Hall–Kier alpha value is -2.60. The van der Waals surface area contributed by atoms with E-state index in [-0.39, 0.29) is 5.91 Å². The topological polar surface area (TPSA) is 51.7 Å². The fourth-order valence-electron chi connectivity index (χ4n) is 2.27. The Balaban J connectivity index is 2.15. The Bertz CT molecular complexity index is 788. The highest BCUT2D eigenvalue weighted by molar-refractivity contribution is 9.10. The summed E-state index contributed by atoms with van der Waals surface area (Å²) in [6.07, 6.45) is 6.60. The first-order valence-electron chi connectivity index (χ1n) is 8.12. The molecule has 0 aliphatic carbocycles. The zero-order valence-corrected chi connectivity index (χ0v) is 16.4. The van der Waals surface area contributed by atoms with E-state index in [0.717, 1.165) is 10.0 Å². The minimum atomic E-state index is -0.145. The van der Waals surface area contributed by atoms with E-state index >= 15 is 0 Å². The average Bonchev–Trinajstić information content (AvgIpc) is 2.67. The van der Waals surface area contributed by atoms with Gasteiger partial charge in [0.05, 0.1) is 7.11 Å². The predicted molar refractivity (Wildman–Crippen MR) is 108 cm³/mol. The lowest BCUT2D eigenvalue weighted by atomic mass is 10.2. The second kappa shape index (κ2) is 9.77. The maximum atomic E-state index is 12.5. The monoisotopic (exact) mass is 416 g/mol. The van der Waals surface area contributed by atoms with Gasteiger partial charge in [-0.3, -0.25) is 9.69 Å². The second-order valence-corrected chi connectivity index (χ2v) is 6.18. The van der Waals surface area contributed by atoms with Crippen LogP contribution in [0.1, 0.15) is 12.5 Å². The van der Waals surface area contributed by atoms with Gasteiger partial charge in [-0.2, -0.15) is 0 Å². The molecule has 5 nitrogen and oxygen atoms in total. The lowest BCUT2D eigenvalue weighted by molar-refractivity contribution is -0.114. The summed E-state index contributed by atoms with van der Waals surface area (Å²) in [6.45, 7) is 6.45. The molecular formula is C20H21BrN2O3. The highest BCUT2D eigenvalue weighted by Gasteiger charge is 2.12. The van der Waals surface area contributed by atoms with Gasteiger partial charge in [0.1, 0.15) is 12.4 Å². The van der Waals surface area contributed by atoms with Gasteiger partial charge in [-0.1, -0.05) is 18.7 Å². The Kier molecular flexibility index (Phi) is 7.41. The molecule has 1 aromatic heterocycles. The number of ether oxygens (including phenoxy) is 2. The van der Waals surface area contributed by atoms with Gasteiger partial charge >= 0.3 is 0 Å². The van der Waals surface area contributed by atoms with E-state index in [1.165, 1.54) is 6.08 Å². The van der Waals surface area contributed by atoms with Crippen molar-refractivity contribution in [2.24, 2.45) is 0 Å². The molecule has 0 aliphatic rings. The molecule has 0 N–H and O–H groups in total. The zero-order chi connectivity index (χ0) is 18.9. The summed E-state index contributed by atoms with van der Waals surface area (Å²) in [5.74, 6) is 1.69. The SMILES string of the molecule is C=CCOc1ccc(/C=C/C(=O)N(CC)c2ccc(Br)cn2)cc1OC. The van der Waals surface area contributed by atoms with Gasteiger partial charge in [-0.05, 0) is 58.8 Å². The van der Waals surface area contributed by atoms with Crippen LogP contribution in [0.3, 0.4) is 0 Å². The largest absolute Gasteiger partial charge is 0.493 e. The van der Waals surface area contributed by atoms with Crippen molar-refractivity contribution in [2.75, 3.05) is 25.2 Å². The molecule has 1 aromatic carbocycles. The van der Waals surface area contributed by atoms with Gasteiger partial charge in [0.25, 0.3) is 5.91 Å². The van der Waals surface area contributed by atoms with Crippen LogP contribution in [-0.2, 0) is 4.79 Å². The van der Waals surface area contributed by atoms with Crippen LogP contribution in [0.2, 0.25) is 0 Å². The van der Waals surface area contributed by atoms with Gasteiger partial charge in [0.15, 0.2) is 11.5 Å². The van der Waals surface area contributed by atoms with Crippen LogP contribution in [0.5, 0.6) is 11.5 Å². The van der Waals surface area contributed by atoms with Crippen molar-refractivity contribution in [1.82, 2.24) is 4.98 Å². The average molecular weight is 417 g/mol. The molecule has 6 heteroatoms. The number of rotatable bonds is 8. The van der Waals surface area contributed by atoms with Crippen molar-refractivity contribution >= 4 is 33.7 Å². The van der Waals surface area contributed by atoms with Crippen molar-refractivity contribution in [3.8, 4) is 11.5 Å². The van der Waals surface area contributed by atoms with E-state index in [1.807, 2.05) is 25.1 Å². The summed E-state index contributed by atoms with van der Waals surface area (Å²) in [6, 6.07) is 9.14. The number of benzene rings is 1. The number of pyridine rings is 1. The molecule has 0 fully saturated rings. The lowest BCUT2D eigenvalue weighted by Gasteiger charge is -2.18. The number of likely N-dealkylation sites (N-methyl/N-ethyl adjacent to an activating group) is 1. The Morgan fingerprint density at radius 1 is 1.31 bits per heavy atom. The van der Waals surface area contributed by atoms with E-state index in [0.29, 0.717) is 30.5 Å². The zero-order valence-electron chi connectivity index (χ0n) is 14.8. The summed E-state index contributed by atoms with van der Waals surface area (Å²) < 4.78 is 11.7. The van der Waals surface area contributed by atoms with Crippen molar-refractivity contribution in [3.63, 3.8) is 0 Å². The standard InChI is InChI=1S/C20H21BrN2O3/c1-4-12-26-17-9-6-15(13-18(17)25-3)7-11-20(24)23(5-2)19-10-8-16(21)14-22-19/h4,6-11,13-14H,1,5,12H2,2-3H3/b11-7+. The molecule has 0 saturated heterocycles. The number of hydrogen-bond donors (Lipinski definition) is 0. The molecule has 0 spiro atoms. The Morgan fingerprint density at radius 3 is 2.73 bits per heavy atom. The van der Waals surface area contributed by atoms with Gasteiger partial charge in [0, 0.05) is 23.3 Å². The number of amides is 1. The fourth-order valence-corrected chi connectivity index (χ4v) is 2.51. The molecular weight excluding hydrogens is 396 g/mol. The number of nitrogens with zero attached hydrogens (tertiary/aromatic N) is 2. The first-order chi connectivity index (χ1) is 12.6. The van der Waals surface area contributed by atoms with E-state index in [2.05, 4.69) is 27.5 Å². The number of aromatic nitrogens is 1. The van der Waals surface area contributed by atoms with Crippen LogP contribution >= 0.6 is 15.9 Å². The van der Waals surface area contributed by atoms with Crippen molar-refractivity contribution in [1.29, 1.82) is 0 Å². The van der Waals surface area contributed by atoms with Crippen molar-refractivity contribution in [2.45, 2.75) is 6.92 Å². The van der Waals surface area contributed by atoms with Gasteiger partial charge < -0.3 is 9.47 Å². The number of carbonyl (C=O) groups is 1. The minimum Gasteiger partial charge on any atom is -0.493 e. The van der Waals surface area contributed by atoms with E-state index < -0.39 is 0 Å². The molecule has 0 unspecified atom stereocenters. The van der Waals surface area contributed by atoms with Gasteiger partial charge in [-0.15, -0.1) is 0 Å². The number of hydrogen-bond acceptors (Lipinski definition) is 4. The molecule has 2 rings (SSSR count). The summed E-state index contributed by atoms with van der Waals surface area (Å²) in [5.41, 5.74) is 0.834. The Labute approximate surface area is 162 Å². The first-order valence-corrected chi connectivity index (χ1v) is 8.91. The minimum absolute atomic E-state index is 0.145. The third kappa shape index (κ3) is 5.20. The van der Waals surface area contributed by atoms with Crippen LogP contribution in [0.25, 0.3) is 6.08 Å². The summed E-state index contributed by atoms with van der Waals surface area (Å²) in [7, 11) is 1.58. The summed E-state index contributed by atoms with van der Waals surface area (Å²) >= 11 is 3.34. The molecule has 0 saturated carbocycles. The maximum absolute atomic E-state index is 12.5. The van der Waals surface area contributed by atoms with E-state index in [1.54, 1.807) is 42.5 Å². The predicted octanol–water partition coefficient (Wildman–Crippen LogP) is 4.48. The number of anilines is 1. The second-order valence-electron chi connectivity index (χ2n) is 5.26. The van der Waals surface area contributed by atoms with Crippen LogP contribution in [-0.4, -0.2) is 31.2 Å². The van der Waals surface area contributed by atoms with Crippen LogP contribution in [0, 0.1) is 0 Å². The van der Waals surface area contributed by atoms with E-state index in [4.69, 9.17) is 9.47 Å². The third-order valence-electron chi connectivity index (χ3n) is 3.53. The quantitative estimate of drug-likeness (QED) is 0.470. The molecule has 2 aromatic rings. The maximum Gasteiger partial charge on any atom is 0.252 e. The van der Waals surface area contributed by atoms with Crippen LogP contribution in [0.15, 0.2) is 59.7 Å². The highest BCUT2D eigenvalue weighted by Crippen LogP contribution is 2.28. The summed E-state index contributed by atoms with van der Waals surface area (Å²) in [5, 5.41) is 0. The number of halogens is 1. The molecule has 1 heterocycles. The molecule has 26 heavy (non-hydrogen) atoms. The Morgan fingerprint density at radius 2 is 2.12 bits per heavy atom. The van der Waals surface area contributed by atoms with Crippen LogP contribution in [0.4, 0.5) is 5.82 Å². The number of methoxy groups -OCH3 is 1. The lowest BCUT2D eigenvalue weighted by Crippen LogP contribution is -2.29. The fraction of sp³-hybridized carbons (Fsp3) is 0.200. The van der Waals surface area contributed by atoms with Crippen molar-refractivity contribution in [3.05, 3.63) is 65.3 Å². The van der Waals surface area contributed by atoms with Crippen LogP contribution < -0.4 is 14.4 Å². The molecule has 1 amide bonds. The summed E-state index contributed by atoms with van der Waals surface area (Å²) in [4.78, 5) is 18.4. The highest BCUT2D eigenvalue weighted by atomic mass is 79.9. The molecule has 136 valence electrons. The van der Waals surface area contributed by atoms with Crippen molar-refractivity contribution < 1.29 is 14.3 Å². The molecule has 0 aliphatic heterocycles. The molecule has 0 bridgehead atoms. The first kappa shape index (κ1) is 19.7. The van der Waals surface area contributed by atoms with Gasteiger partial charge in [0.2, 0.25) is 0 Å². The molecule has 0 atom stereocenters. The molecule has 0 radical (unpaired) electrons. The normalized spacial score (nSPS) is 10.6.